The SMILES string of the molecule is Cn1nccc1CCNc1ccc(C(N)=O)cc1[N+](=O)[O-]. The van der Waals surface area contributed by atoms with Crippen LogP contribution in [0, 0.1) is 10.1 Å². The van der Waals surface area contributed by atoms with Gasteiger partial charge in [0, 0.05) is 43.5 Å². The predicted octanol–water partition coefficient (Wildman–Crippen LogP) is 1.08. The third-order valence-corrected chi connectivity index (χ3v) is 3.10. The molecule has 0 aliphatic heterocycles. The van der Waals surface area contributed by atoms with E-state index >= 15 is 0 Å². The van der Waals surface area contributed by atoms with Crippen LogP contribution < -0.4 is 11.1 Å². The number of aryl methyl sites for hydroxylation is 1. The van der Waals surface area contributed by atoms with Crippen LogP contribution in [0.25, 0.3) is 0 Å². The number of nitrogens with two attached hydrogens (primary N) is 1. The predicted molar refractivity (Wildman–Crippen MR) is 77.0 cm³/mol. The molecule has 2 aromatic rings. The Morgan fingerprint density at radius 2 is 2.24 bits per heavy atom. The summed E-state index contributed by atoms with van der Waals surface area (Å²) in [6.45, 7) is 0.510. The molecule has 0 radical (unpaired) electrons. The van der Waals surface area contributed by atoms with Gasteiger partial charge < -0.3 is 11.1 Å². The van der Waals surface area contributed by atoms with Crippen molar-refractivity contribution in [1.82, 2.24) is 9.78 Å². The van der Waals surface area contributed by atoms with Crippen molar-refractivity contribution in [2.24, 2.45) is 12.8 Å². The third-order valence-electron chi connectivity index (χ3n) is 3.10. The number of benzene rings is 1. The summed E-state index contributed by atoms with van der Waals surface area (Å²) in [7, 11) is 1.83. The minimum atomic E-state index is -0.695. The molecule has 0 fully saturated rings. The Kier molecular flexibility index (Phi) is 4.17. The average Bonchev–Trinajstić information content (AvgIpc) is 2.84. The van der Waals surface area contributed by atoms with Gasteiger partial charge in [0.15, 0.2) is 0 Å². The second-order valence-corrected chi connectivity index (χ2v) is 4.48. The van der Waals surface area contributed by atoms with Gasteiger partial charge in [-0.05, 0) is 18.2 Å². The number of amides is 1. The zero-order chi connectivity index (χ0) is 15.4. The van der Waals surface area contributed by atoms with Crippen LogP contribution in [0.5, 0.6) is 0 Å². The summed E-state index contributed by atoms with van der Waals surface area (Å²) < 4.78 is 1.74. The van der Waals surface area contributed by atoms with Crippen LogP contribution in [0.4, 0.5) is 11.4 Å². The first-order chi connectivity index (χ1) is 9.99. The molecule has 8 heteroatoms. The molecule has 2 rings (SSSR count). The number of primary amides is 1. The molecule has 21 heavy (non-hydrogen) atoms. The lowest BCUT2D eigenvalue weighted by Crippen LogP contribution is -2.13. The van der Waals surface area contributed by atoms with Crippen LogP contribution in [-0.4, -0.2) is 27.2 Å². The summed E-state index contributed by atoms with van der Waals surface area (Å²) in [5.41, 5.74) is 6.43. The Hall–Kier alpha value is -2.90. The van der Waals surface area contributed by atoms with Crippen LogP contribution in [0.2, 0.25) is 0 Å². The lowest BCUT2D eigenvalue weighted by molar-refractivity contribution is -0.384. The van der Waals surface area contributed by atoms with Gasteiger partial charge in [-0.1, -0.05) is 0 Å². The minimum absolute atomic E-state index is 0.110. The zero-order valence-electron chi connectivity index (χ0n) is 11.4. The molecule has 3 N–H and O–H groups in total. The third kappa shape index (κ3) is 3.35. The van der Waals surface area contributed by atoms with Crippen molar-refractivity contribution in [3.05, 3.63) is 51.8 Å². The Bertz CT molecular complexity index is 680. The molecular formula is C13H15N5O3. The number of nitrogens with one attached hydrogen (secondary N) is 1. The van der Waals surface area contributed by atoms with Gasteiger partial charge in [0.1, 0.15) is 5.69 Å². The second-order valence-electron chi connectivity index (χ2n) is 4.48. The number of nitro groups is 1. The Labute approximate surface area is 120 Å². The first kappa shape index (κ1) is 14.5. The number of nitrogens with zero attached hydrogens (tertiary/aromatic N) is 3. The number of hydrogen-bond donors (Lipinski definition) is 2. The zero-order valence-corrected chi connectivity index (χ0v) is 11.4. The van der Waals surface area contributed by atoms with Gasteiger partial charge in [-0.15, -0.1) is 0 Å². The van der Waals surface area contributed by atoms with Gasteiger partial charge in [0.05, 0.1) is 4.92 Å². The monoisotopic (exact) mass is 289 g/mol. The highest BCUT2D eigenvalue weighted by molar-refractivity contribution is 5.94. The highest BCUT2D eigenvalue weighted by Gasteiger charge is 2.16. The molecule has 8 nitrogen and oxygen atoms in total. The van der Waals surface area contributed by atoms with E-state index in [0.717, 1.165) is 5.69 Å². The van der Waals surface area contributed by atoms with Crippen molar-refractivity contribution >= 4 is 17.3 Å². The summed E-state index contributed by atoms with van der Waals surface area (Å²) in [6, 6.07) is 6.00. The fraction of sp³-hybridized carbons (Fsp3) is 0.231. The summed E-state index contributed by atoms with van der Waals surface area (Å²) in [5.74, 6) is -0.695. The Balaban J connectivity index is 2.10. The second kappa shape index (κ2) is 6.04. The minimum Gasteiger partial charge on any atom is -0.379 e. The molecule has 0 saturated heterocycles. The smallest absolute Gasteiger partial charge is 0.293 e. The van der Waals surface area contributed by atoms with Crippen LogP contribution in [0.1, 0.15) is 16.1 Å². The molecule has 1 aromatic carbocycles. The van der Waals surface area contributed by atoms with Crippen LogP contribution in [0.3, 0.4) is 0 Å². The summed E-state index contributed by atoms with van der Waals surface area (Å²) in [6.07, 6.45) is 2.37. The van der Waals surface area contributed by atoms with Crippen molar-refractivity contribution in [1.29, 1.82) is 0 Å². The first-order valence-corrected chi connectivity index (χ1v) is 6.28. The van der Waals surface area contributed by atoms with Crippen LogP contribution >= 0.6 is 0 Å². The average molecular weight is 289 g/mol. The van der Waals surface area contributed by atoms with Gasteiger partial charge >= 0.3 is 0 Å². The number of carbonyl (C=O) groups excluding carboxylic acids is 1. The van der Waals surface area contributed by atoms with Crippen molar-refractivity contribution in [2.45, 2.75) is 6.42 Å². The van der Waals surface area contributed by atoms with E-state index in [2.05, 4.69) is 10.4 Å². The molecule has 0 spiro atoms. The van der Waals surface area contributed by atoms with E-state index in [0.29, 0.717) is 18.7 Å². The number of carbonyl (C=O) groups is 1. The molecule has 110 valence electrons. The fourth-order valence-electron chi connectivity index (χ4n) is 1.96. The lowest BCUT2D eigenvalue weighted by atomic mass is 10.1. The van der Waals surface area contributed by atoms with Gasteiger partial charge in [-0.25, -0.2) is 0 Å². The number of anilines is 1. The molecule has 0 unspecified atom stereocenters. The first-order valence-electron chi connectivity index (χ1n) is 6.28. The lowest BCUT2D eigenvalue weighted by Gasteiger charge is -2.08. The molecule has 0 bridgehead atoms. The van der Waals surface area contributed by atoms with Crippen molar-refractivity contribution < 1.29 is 9.72 Å². The maximum atomic E-state index is 11.1. The number of rotatable bonds is 6. The molecule has 0 aliphatic rings. The number of hydrogen-bond acceptors (Lipinski definition) is 5. The topological polar surface area (TPSA) is 116 Å². The van der Waals surface area contributed by atoms with Gasteiger partial charge in [-0.3, -0.25) is 19.6 Å². The molecular weight excluding hydrogens is 274 g/mol. The fourth-order valence-corrected chi connectivity index (χ4v) is 1.96. The summed E-state index contributed by atoms with van der Waals surface area (Å²) in [4.78, 5) is 21.6. The molecule has 0 aliphatic carbocycles. The Morgan fingerprint density at radius 3 is 2.81 bits per heavy atom. The summed E-state index contributed by atoms with van der Waals surface area (Å²) >= 11 is 0. The van der Waals surface area contributed by atoms with E-state index in [1.807, 2.05) is 13.1 Å². The maximum absolute atomic E-state index is 11.1. The van der Waals surface area contributed by atoms with E-state index in [4.69, 9.17) is 5.73 Å². The Morgan fingerprint density at radius 1 is 1.48 bits per heavy atom. The molecule has 0 atom stereocenters. The molecule has 1 heterocycles. The number of nitro benzene ring substituents is 1. The maximum Gasteiger partial charge on any atom is 0.293 e. The van der Waals surface area contributed by atoms with E-state index in [1.165, 1.54) is 18.2 Å². The standard InChI is InChI=1S/C13H15N5O3/c1-17-10(5-7-16-17)4-6-15-11-3-2-9(13(14)19)8-12(11)18(20)21/h2-3,5,7-8,15H,4,6H2,1H3,(H2,14,19). The largest absolute Gasteiger partial charge is 0.379 e. The van der Waals surface area contributed by atoms with E-state index < -0.39 is 10.8 Å². The molecule has 1 amide bonds. The van der Waals surface area contributed by atoms with Gasteiger partial charge in [0.2, 0.25) is 5.91 Å². The number of aromatic nitrogens is 2. The van der Waals surface area contributed by atoms with Crippen LogP contribution in [-0.2, 0) is 13.5 Å². The van der Waals surface area contributed by atoms with E-state index in [1.54, 1.807) is 10.9 Å². The highest BCUT2D eigenvalue weighted by atomic mass is 16.6. The van der Waals surface area contributed by atoms with Crippen molar-refractivity contribution in [3.63, 3.8) is 0 Å². The van der Waals surface area contributed by atoms with Gasteiger partial charge in [0.25, 0.3) is 5.69 Å². The van der Waals surface area contributed by atoms with E-state index in [-0.39, 0.29) is 11.3 Å². The van der Waals surface area contributed by atoms with Gasteiger partial charge in [-0.2, -0.15) is 5.10 Å². The van der Waals surface area contributed by atoms with E-state index in [9.17, 15) is 14.9 Å². The molecule has 0 saturated carbocycles. The highest BCUT2D eigenvalue weighted by Crippen LogP contribution is 2.25. The molecule has 1 aromatic heterocycles. The quantitative estimate of drug-likeness (QED) is 0.609. The van der Waals surface area contributed by atoms with Crippen LogP contribution in [0.15, 0.2) is 30.5 Å². The summed E-state index contributed by atoms with van der Waals surface area (Å²) in [5, 5.41) is 18.1. The van der Waals surface area contributed by atoms with Crippen molar-refractivity contribution in [2.75, 3.05) is 11.9 Å². The van der Waals surface area contributed by atoms with Crippen molar-refractivity contribution in [3.8, 4) is 0 Å². The normalized spacial score (nSPS) is 10.3.